The lowest BCUT2D eigenvalue weighted by atomic mass is 10.0. The number of rotatable bonds is 2. The van der Waals surface area contributed by atoms with Crippen LogP contribution in [0, 0.1) is 24.4 Å². The second-order valence-corrected chi connectivity index (χ2v) is 3.76. The molecule has 1 heterocycles. The molecule has 0 spiro atoms. The van der Waals surface area contributed by atoms with Gasteiger partial charge in [-0.2, -0.15) is 0 Å². The van der Waals surface area contributed by atoms with Crippen molar-refractivity contribution in [1.29, 1.82) is 0 Å². The van der Waals surface area contributed by atoms with Crippen LogP contribution in [0.2, 0.25) is 0 Å². The van der Waals surface area contributed by atoms with Gasteiger partial charge in [0, 0.05) is 17.2 Å². The van der Waals surface area contributed by atoms with Gasteiger partial charge in [-0.3, -0.25) is 0 Å². The summed E-state index contributed by atoms with van der Waals surface area (Å²) in [5.41, 5.74) is 6.16. The normalized spacial score (nSPS) is 12.8. The van der Waals surface area contributed by atoms with Gasteiger partial charge in [-0.05, 0) is 19.1 Å². The van der Waals surface area contributed by atoms with Gasteiger partial charge >= 0.3 is 0 Å². The van der Waals surface area contributed by atoms with E-state index >= 15 is 0 Å². The van der Waals surface area contributed by atoms with Crippen LogP contribution in [0.15, 0.2) is 28.9 Å². The lowest BCUT2D eigenvalue weighted by Gasteiger charge is -2.11. The van der Waals surface area contributed by atoms with Crippen molar-refractivity contribution in [1.82, 2.24) is 0 Å². The van der Waals surface area contributed by atoms with Crippen LogP contribution in [0.5, 0.6) is 0 Å². The second-order valence-electron chi connectivity index (χ2n) is 3.76. The smallest absolute Gasteiger partial charge is 0.161 e. The highest BCUT2D eigenvalue weighted by atomic mass is 19.2. The third-order valence-corrected chi connectivity index (χ3v) is 2.48. The van der Waals surface area contributed by atoms with Crippen LogP contribution in [0.25, 0.3) is 0 Å². The van der Waals surface area contributed by atoms with Gasteiger partial charge < -0.3 is 10.2 Å². The standard InChI is InChI=1S/C12H10F3NO/c1-6-2-7(5-17-6)12(16)8-3-10(14)11(15)4-9(8)13/h2-5,12H,16H2,1H3. The van der Waals surface area contributed by atoms with Crippen LogP contribution in [0.4, 0.5) is 13.2 Å². The molecule has 0 radical (unpaired) electrons. The zero-order chi connectivity index (χ0) is 12.6. The van der Waals surface area contributed by atoms with E-state index in [-0.39, 0.29) is 5.56 Å². The van der Waals surface area contributed by atoms with E-state index in [9.17, 15) is 13.2 Å². The number of benzene rings is 1. The van der Waals surface area contributed by atoms with Gasteiger partial charge in [0.15, 0.2) is 11.6 Å². The van der Waals surface area contributed by atoms with Gasteiger partial charge in [0.05, 0.1) is 12.3 Å². The summed E-state index contributed by atoms with van der Waals surface area (Å²) in [5.74, 6) is -2.63. The van der Waals surface area contributed by atoms with Crippen molar-refractivity contribution < 1.29 is 17.6 Å². The molecule has 1 aromatic heterocycles. The number of furan rings is 1. The first kappa shape index (κ1) is 11.7. The molecule has 2 N–H and O–H groups in total. The Morgan fingerprint density at radius 1 is 1.06 bits per heavy atom. The van der Waals surface area contributed by atoms with Gasteiger partial charge in [0.2, 0.25) is 0 Å². The predicted octanol–water partition coefficient (Wildman–Crippen LogP) is 3.05. The van der Waals surface area contributed by atoms with Gasteiger partial charge in [0.1, 0.15) is 11.6 Å². The Kier molecular flexibility index (Phi) is 2.93. The zero-order valence-corrected chi connectivity index (χ0v) is 9.01. The minimum absolute atomic E-state index is 0.107. The summed E-state index contributed by atoms with van der Waals surface area (Å²) < 4.78 is 44.3. The highest BCUT2D eigenvalue weighted by Gasteiger charge is 2.18. The van der Waals surface area contributed by atoms with Gasteiger partial charge in [-0.25, -0.2) is 13.2 Å². The van der Waals surface area contributed by atoms with E-state index in [1.54, 1.807) is 13.0 Å². The van der Waals surface area contributed by atoms with Crippen LogP contribution >= 0.6 is 0 Å². The SMILES string of the molecule is Cc1cc(C(N)c2cc(F)c(F)cc2F)co1. The summed E-state index contributed by atoms with van der Waals surface area (Å²) in [6.45, 7) is 1.71. The maximum absolute atomic E-state index is 13.5. The molecule has 0 bridgehead atoms. The Labute approximate surface area is 95.8 Å². The van der Waals surface area contributed by atoms with E-state index in [0.29, 0.717) is 17.4 Å². The van der Waals surface area contributed by atoms with E-state index in [1.165, 1.54) is 6.26 Å². The molecule has 2 nitrogen and oxygen atoms in total. The van der Waals surface area contributed by atoms with Crippen LogP contribution < -0.4 is 5.73 Å². The topological polar surface area (TPSA) is 39.2 Å². The molecule has 2 rings (SSSR count). The Morgan fingerprint density at radius 3 is 2.29 bits per heavy atom. The van der Waals surface area contributed by atoms with E-state index < -0.39 is 23.5 Å². The Morgan fingerprint density at radius 2 is 1.71 bits per heavy atom. The molecule has 0 saturated heterocycles. The van der Waals surface area contributed by atoms with Crippen molar-refractivity contribution in [3.63, 3.8) is 0 Å². The maximum atomic E-state index is 13.5. The minimum Gasteiger partial charge on any atom is -0.469 e. The lowest BCUT2D eigenvalue weighted by molar-refractivity contribution is 0.487. The minimum atomic E-state index is -1.23. The highest BCUT2D eigenvalue weighted by molar-refractivity contribution is 5.32. The third-order valence-electron chi connectivity index (χ3n) is 2.48. The van der Waals surface area contributed by atoms with Crippen LogP contribution in [0.1, 0.15) is 22.9 Å². The summed E-state index contributed by atoms with van der Waals surface area (Å²) in [6, 6.07) is 1.98. The lowest BCUT2D eigenvalue weighted by Crippen LogP contribution is -2.13. The number of aryl methyl sites for hydroxylation is 1. The van der Waals surface area contributed by atoms with Crippen molar-refractivity contribution in [2.75, 3.05) is 0 Å². The van der Waals surface area contributed by atoms with E-state index in [4.69, 9.17) is 10.2 Å². The Balaban J connectivity index is 2.43. The molecule has 0 fully saturated rings. The van der Waals surface area contributed by atoms with Crippen LogP contribution in [-0.4, -0.2) is 0 Å². The van der Waals surface area contributed by atoms with Gasteiger partial charge in [0.25, 0.3) is 0 Å². The van der Waals surface area contributed by atoms with E-state index in [2.05, 4.69) is 0 Å². The van der Waals surface area contributed by atoms with Gasteiger partial charge in [-0.1, -0.05) is 0 Å². The van der Waals surface area contributed by atoms with E-state index in [1.807, 2.05) is 0 Å². The predicted molar refractivity (Wildman–Crippen MR) is 55.8 cm³/mol. The van der Waals surface area contributed by atoms with Crippen molar-refractivity contribution in [2.45, 2.75) is 13.0 Å². The van der Waals surface area contributed by atoms with E-state index in [0.717, 1.165) is 6.07 Å². The molecule has 90 valence electrons. The molecule has 0 saturated carbocycles. The number of hydrogen-bond donors (Lipinski definition) is 1. The van der Waals surface area contributed by atoms with Crippen molar-refractivity contribution >= 4 is 0 Å². The first-order valence-electron chi connectivity index (χ1n) is 4.94. The Bertz CT molecular complexity index is 551. The first-order chi connectivity index (χ1) is 7.99. The fraction of sp³-hybridized carbons (Fsp3) is 0.167. The summed E-state index contributed by atoms with van der Waals surface area (Å²) in [5, 5.41) is 0. The number of hydrogen-bond acceptors (Lipinski definition) is 2. The molecular weight excluding hydrogens is 231 g/mol. The number of halogens is 3. The molecule has 5 heteroatoms. The van der Waals surface area contributed by atoms with Crippen molar-refractivity contribution in [3.8, 4) is 0 Å². The average Bonchev–Trinajstić information content (AvgIpc) is 2.69. The molecule has 1 unspecified atom stereocenters. The van der Waals surface area contributed by atoms with Crippen LogP contribution in [-0.2, 0) is 0 Å². The highest BCUT2D eigenvalue weighted by Crippen LogP contribution is 2.25. The number of nitrogens with two attached hydrogens (primary N) is 1. The average molecular weight is 241 g/mol. The molecule has 0 aliphatic rings. The Hall–Kier alpha value is -1.75. The summed E-state index contributed by atoms with van der Waals surface area (Å²) >= 11 is 0. The monoisotopic (exact) mass is 241 g/mol. The molecule has 0 aliphatic heterocycles. The zero-order valence-electron chi connectivity index (χ0n) is 9.01. The molecule has 0 aliphatic carbocycles. The molecule has 2 aromatic rings. The second kappa shape index (κ2) is 4.25. The van der Waals surface area contributed by atoms with Crippen LogP contribution in [0.3, 0.4) is 0 Å². The first-order valence-corrected chi connectivity index (χ1v) is 4.94. The molecule has 1 atom stereocenters. The molecule has 1 aromatic carbocycles. The molecule has 17 heavy (non-hydrogen) atoms. The largest absolute Gasteiger partial charge is 0.469 e. The molecular formula is C12H10F3NO. The third kappa shape index (κ3) is 2.19. The quantitative estimate of drug-likeness (QED) is 0.821. The molecule has 0 amide bonds. The van der Waals surface area contributed by atoms with Gasteiger partial charge in [-0.15, -0.1) is 0 Å². The summed E-state index contributed by atoms with van der Waals surface area (Å²) in [7, 11) is 0. The maximum Gasteiger partial charge on any atom is 0.161 e. The van der Waals surface area contributed by atoms with Crippen molar-refractivity contribution in [3.05, 3.63) is 58.8 Å². The fourth-order valence-corrected chi connectivity index (χ4v) is 1.58. The summed E-state index contributed by atoms with van der Waals surface area (Å²) in [4.78, 5) is 0. The summed E-state index contributed by atoms with van der Waals surface area (Å²) in [6.07, 6.45) is 1.36. The van der Waals surface area contributed by atoms with Crippen molar-refractivity contribution in [2.24, 2.45) is 5.73 Å². The fourth-order valence-electron chi connectivity index (χ4n) is 1.58.